The molecule has 0 atom stereocenters. The van der Waals surface area contributed by atoms with Gasteiger partial charge in [-0.1, -0.05) is 18.2 Å². The van der Waals surface area contributed by atoms with Gasteiger partial charge >= 0.3 is 5.70 Å². The maximum absolute atomic E-state index is 11.0. The van der Waals surface area contributed by atoms with Crippen LogP contribution in [0, 0.1) is 10.1 Å². The van der Waals surface area contributed by atoms with Crippen LogP contribution in [0.1, 0.15) is 0 Å². The molecular formula is C12H15N5O2. The Kier molecular flexibility index (Phi) is 3.76. The molecule has 0 amide bonds. The van der Waals surface area contributed by atoms with Crippen molar-refractivity contribution in [1.29, 1.82) is 0 Å². The molecule has 0 radical (unpaired) electrons. The van der Waals surface area contributed by atoms with E-state index in [2.05, 4.69) is 10.5 Å². The van der Waals surface area contributed by atoms with E-state index in [1.807, 2.05) is 30.3 Å². The van der Waals surface area contributed by atoms with E-state index in [0.29, 0.717) is 12.2 Å². The zero-order valence-electron chi connectivity index (χ0n) is 10.8. The first kappa shape index (κ1) is 13.0. The van der Waals surface area contributed by atoms with Crippen LogP contribution in [0.15, 0.2) is 46.8 Å². The van der Waals surface area contributed by atoms with E-state index >= 15 is 0 Å². The van der Waals surface area contributed by atoms with Gasteiger partial charge in [-0.15, -0.1) is 0 Å². The molecule has 1 aliphatic heterocycles. The quantitative estimate of drug-likeness (QED) is 0.647. The van der Waals surface area contributed by atoms with Crippen LogP contribution in [0.25, 0.3) is 0 Å². The summed E-state index contributed by atoms with van der Waals surface area (Å²) in [5.41, 5.74) is 4.33. The second-order valence-electron chi connectivity index (χ2n) is 4.26. The van der Waals surface area contributed by atoms with Gasteiger partial charge in [-0.2, -0.15) is 5.10 Å². The number of anilines is 1. The van der Waals surface area contributed by atoms with Gasteiger partial charge in [0.15, 0.2) is 0 Å². The monoisotopic (exact) mass is 261 g/mol. The van der Waals surface area contributed by atoms with Crippen LogP contribution in [0.4, 0.5) is 5.69 Å². The van der Waals surface area contributed by atoms with Crippen LogP contribution < -0.4 is 10.4 Å². The van der Waals surface area contributed by atoms with Crippen LogP contribution in [-0.4, -0.2) is 36.8 Å². The number of allylic oxidation sites excluding steroid dienone is 1. The van der Waals surface area contributed by atoms with Crippen molar-refractivity contribution in [3.8, 4) is 0 Å². The largest absolute Gasteiger partial charge is 0.316 e. The molecule has 1 aromatic rings. The molecule has 100 valence electrons. The van der Waals surface area contributed by atoms with Crippen molar-refractivity contribution in [2.75, 3.05) is 25.6 Å². The molecule has 0 aliphatic carbocycles. The summed E-state index contributed by atoms with van der Waals surface area (Å²) in [6, 6.07) is 9.52. The minimum Gasteiger partial charge on any atom is -0.316 e. The molecule has 0 aromatic heterocycles. The molecule has 0 bridgehead atoms. The number of nitro groups is 1. The van der Waals surface area contributed by atoms with E-state index in [1.54, 1.807) is 24.1 Å². The summed E-state index contributed by atoms with van der Waals surface area (Å²) in [6.07, 6.45) is 1.27. The number of nitrogens with zero attached hydrogens (tertiary/aromatic N) is 4. The summed E-state index contributed by atoms with van der Waals surface area (Å²) in [4.78, 5) is 10.5. The molecule has 0 unspecified atom stereocenters. The predicted octanol–water partition coefficient (Wildman–Crippen LogP) is 1.05. The Balaban J connectivity index is 2.25. The van der Waals surface area contributed by atoms with Crippen LogP contribution in [0.5, 0.6) is 0 Å². The highest BCUT2D eigenvalue weighted by molar-refractivity contribution is 5.79. The summed E-state index contributed by atoms with van der Waals surface area (Å²) in [6.45, 7) is 0.328. The highest BCUT2D eigenvalue weighted by atomic mass is 16.6. The van der Waals surface area contributed by atoms with Gasteiger partial charge in [0, 0.05) is 14.1 Å². The molecular weight excluding hydrogens is 246 g/mol. The van der Waals surface area contributed by atoms with Crippen molar-refractivity contribution in [3.63, 3.8) is 0 Å². The molecule has 1 aromatic carbocycles. The lowest BCUT2D eigenvalue weighted by atomic mass is 10.2. The maximum atomic E-state index is 11.0. The number of hydrogen-bond donors (Lipinski definition) is 1. The first-order chi connectivity index (χ1) is 9.08. The SMILES string of the molecule is CN(C)NC1=C([N+](=O)[O-])C=NN(c2ccccc2)C1. The van der Waals surface area contributed by atoms with Crippen molar-refractivity contribution in [3.05, 3.63) is 51.8 Å². The van der Waals surface area contributed by atoms with E-state index in [-0.39, 0.29) is 5.70 Å². The van der Waals surface area contributed by atoms with E-state index in [4.69, 9.17) is 0 Å². The third-order valence-corrected chi connectivity index (χ3v) is 2.55. The minimum atomic E-state index is -0.433. The molecule has 1 heterocycles. The Bertz CT molecular complexity index is 524. The van der Waals surface area contributed by atoms with Gasteiger partial charge in [0.05, 0.1) is 17.2 Å². The van der Waals surface area contributed by atoms with Gasteiger partial charge in [-0.25, -0.2) is 5.01 Å². The third-order valence-electron chi connectivity index (χ3n) is 2.55. The molecule has 19 heavy (non-hydrogen) atoms. The molecule has 7 heteroatoms. The fourth-order valence-electron chi connectivity index (χ4n) is 1.75. The van der Waals surface area contributed by atoms with Crippen LogP contribution in [0.2, 0.25) is 0 Å². The van der Waals surface area contributed by atoms with E-state index in [9.17, 15) is 10.1 Å². The summed E-state index contributed by atoms with van der Waals surface area (Å²) in [5.74, 6) is 0. The third kappa shape index (κ3) is 3.08. The molecule has 1 aliphatic rings. The molecule has 0 saturated heterocycles. The van der Waals surface area contributed by atoms with Crippen molar-refractivity contribution < 1.29 is 4.92 Å². The number of nitrogens with one attached hydrogen (secondary N) is 1. The Hall–Kier alpha value is -2.41. The summed E-state index contributed by atoms with van der Waals surface area (Å²) >= 11 is 0. The van der Waals surface area contributed by atoms with Crippen molar-refractivity contribution >= 4 is 11.9 Å². The molecule has 0 spiro atoms. The zero-order valence-corrected chi connectivity index (χ0v) is 10.8. The molecule has 7 nitrogen and oxygen atoms in total. The van der Waals surface area contributed by atoms with E-state index in [1.165, 1.54) is 6.21 Å². The average molecular weight is 261 g/mol. The zero-order chi connectivity index (χ0) is 13.8. The number of hydrogen-bond acceptors (Lipinski definition) is 6. The Morgan fingerprint density at radius 2 is 2.05 bits per heavy atom. The number of benzene rings is 1. The average Bonchev–Trinajstić information content (AvgIpc) is 2.38. The van der Waals surface area contributed by atoms with Gasteiger partial charge in [0.2, 0.25) is 0 Å². The van der Waals surface area contributed by atoms with Gasteiger partial charge in [0.25, 0.3) is 0 Å². The van der Waals surface area contributed by atoms with Crippen LogP contribution >= 0.6 is 0 Å². The van der Waals surface area contributed by atoms with Crippen molar-refractivity contribution in [2.24, 2.45) is 5.10 Å². The molecule has 0 fully saturated rings. The lowest BCUT2D eigenvalue weighted by molar-refractivity contribution is -0.416. The Morgan fingerprint density at radius 3 is 2.63 bits per heavy atom. The lowest BCUT2D eigenvalue weighted by Crippen LogP contribution is -2.39. The summed E-state index contributed by atoms with van der Waals surface area (Å²) < 4.78 is 0. The first-order valence-electron chi connectivity index (χ1n) is 5.76. The fraction of sp³-hybridized carbons (Fsp3) is 0.250. The molecule has 0 saturated carbocycles. The van der Waals surface area contributed by atoms with Gasteiger partial charge in [-0.05, 0) is 12.1 Å². The Labute approximate surface area is 110 Å². The lowest BCUT2D eigenvalue weighted by Gasteiger charge is -2.25. The van der Waals surface area contributed by atoms with Crippen LogP contribution in [0.3, 0.4) is 0 Å². The van der Waals surface area contributed by atoms with Gasteiger partial charge < -0.3 is 5.43 Å². The number of hydrazine groups is 1. The summed E-state index contributed by atoms with van der Waals surface area (Å²) in [7, 11) is 3.56. The van der Waals surface area contributed by atoms with Crippen LogP contribution in [-0.2, 0) is 0 Å². The van der Waals surface area contributed by atoms with Gasteiger partial charge in [-0.3, -0.25) is 15.1 Å². The molecule has 2 rings (SSSR count). The normalized spacial score (nSPS) is 15.0. The summed E-state index contributed by atoms with van der Waals surface area (Å²) in [5, 5.41) is 18.5. The number of hydrazone groups is 1. The standard InChI is InChI=1S/C12H15N5O2/c1-15(2)14-11-9-16(10-6-4-3-5-7-10)13-8-12(11)17(18)19/h3-8,14H,9H2,1-2H3. The predicted molar refractivity (Wildman–Crippen MR) is 73.1 cm³/mol. The molecule has 1 N–H and O–H groups in total. The number of para-hydroxylation sites is 1. The fourth-order valence-corrected chi connectivity index (χ4v) is 1.75. The highest BCUT2D eigenvalue weighted by Crippen LogP contribution is 2.19. The van der Waals surface area contributed by atoms with Gasteiger partial charge in [0.1, 0.15) is 11.9 Å². The smallest absolute Gasteiger partial charge is 0.311 e. The highest BCUT2D eigenvalue weighted by Gasteiger charge is 2.24. The van der Waals surface area contributed by atoms with E-state index < -0.39 is 4.92 Å². The second-order valence-corrected chi connectivity index (χ2v) is 4.26. The maximum Gasteiger partial charge on any atom is 0.311 e. The number of rotatable bonds is 4. The second kappa shape index (κ2) is 5.49. The Morgan fingerprint density at radius 1 is 1.37 bits per heavy atom. The first-order valence-corrected chi connectivity index (χ1v) is 5.76. The topological polar surface area (TPSA) is 74.0 Å². The van der Waals surface area contributed by atoms with Crippen molar-refractivity contribution in [2.45, 2.75) is 0 Å². The van der Waals surface area contributed by atoms with Crippen molar-refractivity contribution in [1.82, 2.24) is 10.4 Å². The minimum absolute atomic E-state index is 0.0131. The van der Waals surface area contributed by atoms with E-state index in [0.717, 1.165) is 5.69 Å².